The van der Waals surface area contributed by atoms with Gasteiger partial charge in [-0.2, -0.15) is 12.6 Å². The van der Waals surface area contributed by atoms with Gasteiger partial charge in [0.2, 0.25) is 5.91 Å². The summed E-state index contributed by atoms with van der Waals surface area (Å²) in [6.45, 7) is 3.58. The molecule has 5 nitrogen and oxygen atoms in total. The number of carbonyl (C=O) groups excluding carboxylic acids is 1. The Labute approximate surface area is 88.5 Å². The standard InChI is InChI=1S/C8H16N2O3S/c1-4(2)6(9)7(11)10-5(3-14)8(12)13/h4-6,14H,3,9H2,1-2H3,(H,10,11)(H,12,13). The molecular weight excluding hydrogens is 204 g/mol. The zero-order valence-corrected chi connectivity index (χ0v) is 9.12. The van der Waals surface area contributed by atoms with Crippen LogP contribution in [0.25, 0.3) is 0 Å². The molecule has 6 heteroatoms. The highest BCUT2D eigenvalue weighted by molar-refractivity contribution is 7.80. The molecule has 2 atom stereocenters. The van der Waals surface area contributed by atoms with Gasteiger partial charge in [0.1, 0.15) is 6.04 Å². The SMILES string of the molecule is CC(C)C(N)C(=O)NC(CS)C(=O)O. The summed E-state index contributed by atoms with van der Waals surface area (Å²) < 4.78 is 0. The third-order valence-corrected chi connectivity index (χ3v) is 2.18. The van der Waals surface area contributed by atoms with E-state index in [0.29, 0.717) is 0 Å². The van der Waals surface area contributed by atoms with Crippen LogP contribution in [0.4, 0.5) is 0 Å². The number of carbonyl (C=O) groups is 2. The highest BCUT2D eigenvalue weighted by Gasteiger charge is 2.23. The zero-order valence-electron chi connectivity index (χ0n) is 8.23. The average Bonchev–Trinajstić information content (AvgIpc) is 2.11. The van der Waals surface area contributed by atoms with Gasteiger partial charge in [-0.15, -0.1) is 0 Å². The Balaban J connectivity index is 4.22. The Kier molecular flexibility index (Phi) is 5.56. The molecule has 0 saturated carbocycles. The van der Waals surface area contributed by atoms with E-state index in [1.165, 1.54) is 0 Å². The van der Waals surface area contributed by atoms with Crippen LogP contribution in [0, 0.1) is 5.92 Å². The number of rotatable bonds is 5. The maximum Gasteiger partial charge on any atom is 0.327 e. The Morgan fingerprint density at radius 1 is 1.50 bits per heavy atom. The minimum Gasteiger partial charge on any atom is -0.480 e. The average molecular weight is 220 g/mol. The molecule has 0 rings (SSSR count). The van der Waals surface area contributed by atoms with Crippen molar-refractivity contribution in [3.8, 4) is 0 Å². The number of hydrogen-bond acceptors (Lipinski definition) is 4. The van der Waals surface area contributed by atoms with Crippen LogP contribution < -0.4 is 11.1 Å². The molecule has 1 amide bonds. The Morgan fingerprint density at radius 2 is 2.00 bits per heavy atom. The molecule has 0 radical (unpaired) electrons. The summed E-state index contributed by atoms with van der Waals surface area (Å²) in [5.41, 5.74) is 5.53. The molecule has 0 aliphatic rings. The van der Waals surface area contributed by atoms with Gasteiger partial charge in [-0.1, -0.05) is 13.8 Å². The Bertz CT molecular complexity index is 221. The Morgan fingerprint density at radius 3 is 2.29 bits per heavy atom. The molecule has 2 unspecified atom stereocenters. The number of amides is 1. The maximum atomic E-state index is 11.3. The van der Waals surface area contributed by atoms with E-state index in [1.54, 1.807) is 13.8 Å². The smallest absolute Gasteiger partial charge is 0.327 e. The van der Waals surface area contributed by atoms with E-state index in [1.807, 2.05) is 0 Å². The number of carboxylic acids is 1. The van der Waals surface area contributed by atoms with E-state index < -0.39 is 24.0 Å². The summed E-state index contributed by atoms with van der Waals surface area (Å²) >= 11 is 3.81. The summed E-state index contributed by atoms with van der Waals surface area (Å²) in [5, 5.41) is 10.9. The van der Waals surface area contributed by atoms with Crippen LogP contribution in [0.1, 0.15) is 13.8 Å². The molecule has 0 aromatic rings. The molecule has 0 heterocycles. The second-order valence-electron chi connectivity index (χ2n) is 3.35. The third kappa shape index (κ3) is 3.97. The van der Waals surface area contributed by atoms with E-state index in [4.69, 9.17) is 10.8 Å². The van der Waals surface area contributed by atoms with Crippen molar-refractivity contribution < 1.29 is 14.7 Å². The predicted molar refractivity (Wildman–Crippen MR) is 56.2 cm³/mol. The van der Waals surface area contributed by atoms with E-state index >= 15 is 0 Å². The van der Waals surface area contributed by atoms with Crippen LogP contribution in [0.2, 0.25) is 0 Å². The molecule has 0 aliphatic carbocycles. The second-order valence-corrected chi connectivity index (χ2v) is 3.72. The van der Waals surface area contributed by atoms with Crippen LogP contribution in [0.3, 0.4) is 0 Å². The highest BCUT2D eigenvalue weighted by atomic mass is 32.1. The van der Waals surface area contributed by atoms with Crippen molar-refractivity contribution in [2.45, 2.75) is 25.9 Å². The molecule has 0 aromatic heterocycles. The molecule has 0 saturated heterocycles. The molecule has 0 fully saturated rings. The number of nitrogens with one attached hydrogen (secondary N) is 1. The fourth-order valence-corrected chi connectivity index (χ4v) is 1.00. The highest BCUT2D eigenvalue weighted by Crippen LogP contribution is 1.99. The minimum atomic E-state index is -1.11. The van der Waals surface area contributed by atoms with E-state index in [-0.39, 0.29) is 11.7 Å². The van der Waals surface area contributed by atoms with E-state index in [9.17, 15) is 9.59 Å². The first-order valence-electron chi connectivity index (χ1n) is 4.29. The molecule has 0 bridgehead atoms. The van der Waals surface area contributed by atoms with E-state index in [0.717, 1.165) is 0 Å². The lowest BCUT2D eigenvalue weighted by Gasteiger charge is -2.18. The van der Waals surface area contributed by atoms with Gasteiger partial charge in [-0.05, 0) is 5.92 Å². The number of nitrogens with two attached hydrogens (primary N) is 1. The fraction of sp³-hybridized carbons (Fsp3) is 0.750. The molecule has 0 aliphatic heterocycles. The van der Waals surface area contributed by atoms with Gasteiger partial charge in [0, 0.05) is 5.75 Å². The first-order chi connectivity index (χ1) is 6.40. The summed E-state index contributed by atoms with van der Waals surface area (Å²) in [6.07, 6.45) is 0. The van der Waals surface area contributed by atoms with Gasteiger partial charge in [0.25, 0.3) is 0 Å². The summed E-state index contributed by atoms with van der Waals surface area (Å²) in [7, 11) is 0. The van der Waals surface area contributed by atoms with Crippen molar-refractivity contribution in [2.24, 2.45) is 11.7 Å². The van der Waals surface area contributed by atoms with Crippen molar-refractivity contribution in [3.63, 3.8) is 0 Å². The second kappa shape index (κ2) is 5.87. The third-order valence-electron chi connectivity index (χ3n) is 1.82. The first kappa shape index (κ1) is 13.2. The molecule has 4 N–H and O–H groups in total. The number of thiol groups is 1. The normalized spacial score (nSPS) is 14.9. The van der Waals surface area contributed by atoms with Gasteiger partial charge in [0.05, 0.1) is 6.04 Å². The van der Waals surface area contributed by atoms with Gasteiger partial charge in [0.15, 0.2) is 0 Å². The predicted octanol–water partition coefficient (Wildman–Crippen LogP) is -0.531. The molecule has 0 spiro atoms. The lowest BCUT2D eigenvalue weighted by atomic mass is 10.0. The van der Waals surface area contributed by atoms with Crippen LogP contribution >= 0.6 is 12.6 Å². The monoisotopic (exact) mass is 220 g/mol. The van der Waals surface area contributed by atoms with Gasteiger partial charge < -0.3 is 16.2 Å². The molecular formula is C8H16N2O3S. The number of carboxylic acid groups (broad SMARTS) is 1. The quantitative estimate of drug-likeness (QED) is 0.469. The van der Waals surface area contributed by atoms with Crippen molar-refractivity contribution >= 4 is 24.5 Å². The van der Waals surface area contributed by atoms with Crippen molar-refractivity contribution in [3.05, 3.63) is 0 Å². The van der Waals surface area contributed by atoms with Crippen LogP contribution in [-0.2, 0) is 9.59 Å². The molecule has 14 heavy (non-hydrogen) atoms. The lowest BCUT2D eigenvalue weighted by Crippen LogP contribution is -2.51. The summed E-state index contributed by atoms with van der Waals surface area (Å²) in [5.74, 6) is -1.54. The number of aliphatic carboxylic acids is 1. The van der Waals surface area contributed by atoms with Crippen LogP contribution in [-0.4, -0.2) is 34.8 Å². The topological polar surface area (TPSA) is 92.4 Å². The van der Waals surface area contributed by atoms with Crippen molar-refractivity contribution in [2.75, 3.05) is 5.75 Å². The maximum absolute atomic E-state index is 11.3. The summed E-state index contributed by atoms with van der Waals surface area (Å²) in [6, 6.07) is -1.66. The first-order valence-corrected chi connectivity index (χ1v) is 4.93. The lowest BCUT2D eigenvalue weighted by molar-refractivity contribution is -0.141. The molecule has 82 valence electrons. The number of hydrogen-bond donors (Lipinski definition) is 4. The van der Waals surface area contributed by atoms with Crippen molar-refractivity contribution in [1.82, 2.24) is 5.32 Å². The van der Waals surface area contributed by atoms with Gasteiger partial charge in [-0.3, -0.25) is 4.79 Å². The van der Waals surface area contributed by atoms with Crippen LogP contribution in [0.15, 0.2) is 0 Å². The Hall–Kier alpha value is -0.750. The van der Waals surface area contributed by atoms with E-state index in [2.05, 4.69) is 17.9 Å². The minimum absolute atomic E-state index is 0.0237. The van der Waals surface area contributed by atoms with Gasteiger partial charge >= 0.3 is 5.97 Å². The largest absolute Gasteiger partial charge is 0.480 e. The van der Waals surface area contributed by atoms with Crippen molar-refractivity contribution in [1.29, 1.82) is 0 Å². The zero-order chi connectivity index (χ0) is 11.3. The van der Waals surface area contributed by atoms with Crippen LogP contribution in [0.5, 0.6) is 0 Å². The van der Waals surface area contributed by atoms with Gasteiger partial charge in [-0.25, -0.2) is 4.79 Å². The summed E-state index contributed by atoms with van der Waals surface area (Å²) in [4.78, 5) is 21.9. The fourth-order valence-electron chi connectivity index (χ4n) is 0.756. The molecule has 0 aromatic carbocycles.